The van der Waals surface area contributed by atoms with E-state index in [-0.39, 0.29) is 11.8 Å². The van der Waals surface area contributed by atoms with Gasteiger partial charge in [-0.2, -0.15) is 0 Å². The Morgan fingerprint density at radius 3 is 2.52 bits per heavy atom. The van der Waals surface area contributed by atoms with Gasteiger partial charge in [0.25, 0.3) is 5.91 Å². The van der Waals surface area contributed by atoms with Crippen LogP contribution < -0.4 is 5.32 Å². The Hall–Kier alpha value is -3.11. The maximum absolute atomic E-state index is 13.5. The maximum atomic E-state index is 13.5. The van der Waals surface area contributed by atoms with Crippen molar-refractivity contribution in [1.82, 2.24) is 10.2 Å². The third-order valence-electron chi connectivity index (χ3n) is 5.90. The first-order valence-electron chi connectivity index (χ1n) is 10.3. The summed E-state index contributed by atoms with van der Waals surface area (Å²) in [4.78, 5) is 28.6. The maximum Gasteiger partial charge on any atom is 0.255 e. The predicted molar refractivity (Wildman–Crippen MR) is 123 cm³/mol. The number of aryl methyl sites for hydroxylation is 1. The van der Waals surface area contributed by atoms with Crippen LogP contribution in [-0.2, 0) is 24.3 Å². The van der Waals surface area contributed by atoms with E-state index in [1.807, 2.05) is 68.4 Å². The minimum Gasteiger partial charge on any atom is -0.350 e. The van der Waals surface area contributed by atoms with Crippen molar-refractivity contribution in [2.75, 3.05) is 0 Å². The normalized spacial score (nSPS) is 17.9. The first kappa shape index (κ1) is 21.1. The van der Waals surface area contributed by atoms with E-state index >= 15 is 0 Å². The predicted octanol–water partition coefficient (Wildman–Crippen LogP) is 4.92. The molecule has 0 radical (unpaired) electrons. The zero-order chi connectivity index (χ0) is 22.0. The van der Waals surface area contributed by atoms with Gasteiger partial charge in [-0.05, 0) is 48.7 Å². The van der Waals surface area contributed by atoms with Crippen molar-refractivity contribution in [3.05, 3.63) is 106 Å². The topological polar surface area (TPSA) is 49.4 Å². The van der Waals surface area contributed by atoms with Crippen molar-refractivity contribution in [3.8, 4) is 0 Å². The van der Waals surface area contributed by atoms with E-state index in [2.05, 4.69) is 11.4 Å². The Balaban J connectivity index is 1.64. The van der Waals surface area contributed by atoms with Crippen LogP contribution in [0.4, 0.5) is 0 Å². The molecular weight excluding hydrogens is 408 g/mol. The molecule has 0 saturated heterocycles. The molecule has 0 saturated carbocycles. The molecule has 31 heavy (non-hydrogen) atoms. The molecule has 0 bridgehead atoms. The van der Waals surface area contributed by atoms with Gasteiger partial charge in [0.05, 0.1) is 0 Å². The summed E-state index contributed by atoms with van der Waals surface area (Å²) in [6.45, 7) is 4.63. The molecule has 4 nitrogen and oxygen atoms in total. The third-order valence-corrected chi connectivity index (χ3v) is 6.15. The van der Waals surface area contributed by atoms with Crippen LogP contribution in [0, 0.1) is 6.92 Å². The molecule has 1 aliphatic heterocycles. The van der Waals surface area contributed by atoms with Gasteiger partial charge in [0.2, 0.25) is 5.91 Å². The standard InChI is InChI=1S/C26H25ClN2O2/c1-18-6-5-7-20(14-18)17-29-24(30)23-9-4-3-8-21(23)15-26(29,2)25(31)28-16-19-10-12-22(27)13-11-19/h3-14H,15-17H2,1-2H3,(H,28,31)/t26-/m1/s1. The molecule has 0 spiro atoms. The Morgan fingerprint density at radius 1 is 1.03 bits per heavy atom. The van der Waals surface area contributed by atoms with Gasteiger partial charge in [-0.25, -0.2) is 0 Å². The van der Waals surface area contributed by atoms with E-state index in [4.69, 9.17) is 11.6 Å². The highest BCUT2D eigenvalue weighted by Crippen LogP contribution is 2.33. The van der Waals surface area contributed by atoms with Gasteiger partial charge in [0.15, 0.2) is 0 Å². The van der Waals surface area contributed by atoms with Crippen LogP contribution in [0.3, 0.4) is 0 Å². The molecule has 3 aromatic carbocycles. The third kappa shape index (κ3) is 4.35. The molecule has 1 atom stereocenters. The number of hydrogen-bond donors (Lipinski definition) is 1. The van der Waals surface area contributed by atoms with Gasteiger partial charge in [-0.1, -0.05) is 71.8 Å². The molecule has 1 heterocycles. The first-order valence-corrected chi connectivity index (χ1v) is 10.7. The molecule has 0 aromatic heterocycles. The molecule has 2 amide bonds. The second kappa shape index (κ2) is 8.56. The molecule has 4 rings (SSSR count). The molecule has 1 aliphatic rings. The second-order valence-corrected chi connectivity index (χ2v) is 8.73. The van der Waals surface area contributed by atoms with Crippen LogP contribution in [0.5, 0.6) is 0 Å². The fraction of sp³-hybridized carbons (Fsp3) is 0.231. The Bertz CT molecular complexity index is 1130. The van der Waals surface area contributed by atoms with E-state index < -0.39 is 5.54 Å². The highest BCUT2D eigenvalue weighted by Gasteiger charge is 2.46. The summed E-state index contributed by atoms with van der Waals surface area (Å²) in [6, 6.07) is 23.0. The average molecular weight is 433 g/mol. The number of carbonyl (C=O) groups is 2. The largest absolute Gasteiger partial charge is 0.350 e. The average Bonchev–Trinajstić information content (AvgIpc) is 2.76. The van der Waals surface area contributed by atoms with E-state index in [0.29, 0.717) is 30.1 Å². The van der Waals surface area contributed by atoms with Crippen LogP contribution >= 0.6 is 11.6 Å². The lowest BCUT2D eigenvalue weighted by molar-refractivity contribution is -0.132. The Morgan fingerprint density at radius 2 is 1.77 bits per heavy atom. The van der Waals surface area contributed by atoms with Gasteiger partial charge >= 0.3 is 0 Å². The van der Waals surface area contributed by atoms with Crippen molar-refractivity contribution in [3.63, 3.8) is 0 Å². The van der Waals surface area contributed by atoms with Gasteiger partial charge in [-0.3, -0.25) is 9.59 Å². The van der Waals surface area contributed by atoms with Crippen LogP contribution in [0.2, 0.25) is 5.02 Å². The lowest BCUT2D eigenvalue weighted by Gasteiger charge is -2.44. The van der Waals surface area contributed by atoms with Crippen molar-refractivity contribution in [1.29, 1.82) is 0 Å². The fourth-order valence-corrected chi connectivity index (χ4v) is 4.26. The van der Waals surface area contributed by atoms with E-state index in [0.717, 1.165) is 22.3 Å². The number of amides is 2. The van der Waals surface area contributed by atoms with E-state index in [9.17, 15) is 9.59 Å². The van der Waals surface area contributed by atoms with Crippen LogP contribution in [0.15, 0.2) is 72.8 Å². The zero-order valence-electron chi connectivity index (χ0n) is 17.7. The number of carbonyl (C=O) groups excluding carboxylic acids is 2. The molecule has 158 valence electrons. The highest BCUT2D eigenvalue weighted by molar-refractivity contribution is 6.30. The molecule has 0 aliphatic carbocycles. The van der Waals surface area contributed by atoms with Gasteiger partial charge in [-0.15, -0.1) is 0 Å². The Kier molecular flexibility index (Phi) is 5.84. The first-order chi connectivity index (χ1) is 14.9. The van der Waals surface area contributed by atoms with Crippen molar-refractivity contribution < 1.29 is 9.59 Å². The van der Waals surface area contributed by atoms with E-state index in [1.165, 1.54) is 0 Å². The number of halogens is 1. The summed E-state index contributed by atoms with van der Waals surface area (Å²) in [7, 11) is 0. The van der Waals surface area contributed by atoms with Crippen LogP contribution in [0.1, 0.15) is 39.5 Å². The quantitative estimate of drug-likeness (QED) is 0.622. The summed E-state index contributed by atoms with van der Waals surface area (Å²) >= 11 is 5.96. The number of hydrogen-bond acceptors (Lipinski definition) is 2. The Labute approximate surface area is 187 Å². The smallest absolute Gasteiger partial charge is 0.255 e. The van der Waals surface area contributed by atoms with Gasteiger partial charge in [0, 0.05) is 30.1 Å². The molecule has 0 fully saturated rings. The SMILES string of the molecule is Cc1cccc(CN2C(=O)c3ccccc3C[C@]2(C)C(=O)NCc2ccc(Cl)cc2)c1. The number of rotatable bonds is 5. The lowest BCUT2D eigenvalue weighted by atomic mass is 9.82. The summed E-state index contributed by atoms with van der Waals surface area (Å²) in [5.74, 6) is -0.287. The number of fused-ring (bicyclic) bond motifs is 1. The minimum atomic E-state index is -0.998. The van der Waals surface area contributed by atoms with Gasteiger partial charge in [0.1, 0.15) is 5.54 Å². The van der Waals surface area contributed by atoms with Crippen molar-refractivity contribution in [2.24, 2.45) is 0 Å². The van der Waals surface area contributed by atoms with Crippen molar-refractivity contribution >= 4 is 23.4 Å². The number of nitrogens with one attached hydrogen (secondary N) is 1. The number of nitrogens with zero attached hydrogens (tertiary/aromatic N) is 1. The van der Waals surface area contributed by atoms with Gasteiger partial charge < -0.3 is 10.2 Å². The minimum absolute atomic E-state index is 0.118. The molecule has 1 N–H and O–H groups in total. The van der Waals surface area contributed by atoms with Crippen molar-refractivity contribution in [2.45, 2.75) is 38.9 Å². The second-order valence-electron chi connectivity index (χ2n) is 8.30. The monoisotopic (exact) mass is 432 g/mol. The molecule has 3 aromatic rings. The summed E-state index contributed by atoms with van der Waals surface area (Å²) in [6.07, 6.45) is 0.465. The summed E-state index contributed by atoms with van der Waals surface area (Å²) in [5, 5.41) is 3.68. The highest BCUT2D eigenvalue weighted by atomic mass is 35.5. The lowest BCUT2D eigenvalue weighted by Crippen LogP contribution is -2.62. The number of benzene rings is 3. The summed E-state index contributed by atoms with van der Waals surface area (Å²) < 4.78 is 0. The molecule has 5 heteroatoms. The van der Waals surface area contributed by atoms with Crippen LogP contribution in [0.25, 0.3) is 0 Å². The van der Waals surface area contributed by atoms with Crippen LogP contribution in [-0.4, -0.2) is 22.3 Å². The molecular formula is C26H25ClN2O2. The summed E-state index contributed by atoms with van der Waals surface area (Å²) in [5.41, 5.74) is 3.65. The zero-order valence-corrected chi connectivity index (χ0v) is 18.4. The molecule has 0 unspecified atom stereocenters. The fourth-order valence-electron chi connectivity index (χ4n) is 4.14. The van der Waals surface area contributed by atoms with E-state index in [1.54, 1.807) is 17.0 Å².